The van der Waals surface area contributed by atoms with Crippen molar-refractivity contribution < 1.29 is 23.2 Å². The summed E-state index contributed by atoms with van der Waals surface area (Å²) in [7, 11) is -3.21. The van der Waals surface area contributed by atoms with Crippen molar-refractivity contribution in [2.24, 2.45) is 0 Å². The summed E-state index contributed by atoms with van der Waals surface area (Å²) in [5.74, 6) is -0.337. The van der Waals surface area contributed by atoms with Gasteiger partial charge in [0.1, 0.15) is 0 Å². The van der Waals surface area contributed by atoms with E-state index in [-0.39, 0.29) is 44.3 Å². The van der Waals surface area contributed by atoms with Crippen LogP contribution >= 0.6 is 7.60 Å². The largest absolute Gasteiger partial charge is 0.339 e. The van der Waals surface area contributed by atoms with Crippen molar-refractivity contribution in [3.05, 3.63) is 0 Å². The predicted octanol–water partition coefficient (Wildman–Crippen LogP) is 7.09. The summed E-state index contributed by atoms with van der Waals surface area (Å²) in [6, 6.07) is 0. The Hall–Kier alpha value is -0.910. The molecule has 0 aromatic carbocycles. The molecule has 0 aromatic heterocycles. The maximum absolute atomic E-state index is 12.3. The van der Waals surface area contributed by atoms with E-state index in [1.807, 2.05) is 0 Å². The minimum absolute atomic E-state index is 0.0339. The van der Waals surface area contributed by atoms with Gasteiger partial charge < -0.3 is 19.7 Å². The van der Waals surface area contributed by atoms with E-state index in [2.05, 4.69) is 17.6 Å². The lowest BCUT2D eigenvalue weighted by Crippen LogP contribution is -2.37. The quantitative estimate of drug-likeness (QED) is 0.0786. The molecule has 0 aliphatic rings. The number of amides is 2. The lowest BCUT2D eigenvalue weighted by atomic mass is 10.0. The monoisotopic (exact) mass is 504 g/mol. The molecule has 0 saturated carbocycles. The number of rotatable bonds is 25. The highest BCUT2D eigenvalue weighted by Gasteiger charge is 2.24. The topological polar surface area (TPSA) is 93.7 Å². The van der Waals surface area contributed by atoms with Gasteiger partial charge in [-0.25, -0.2) is 0 Å². The molecule has 34 heavy (non-hydrogen) atoms. The summed E-state index contributed by atoms with van der Waals surface area (Å²) in [5, 5.41) is 5.33. The Morgan fingerprint density at radius 1 is 0.588 bits per heavy atom. The van der Waals surface area contributed by atoms with Crippen LogP contribution in [-0.4, -0.2) is 37.9 Å². The third kappa shape index (κ3) is 21.6. The lowest BCUT2D eigenvalue weighted by Gasteiger charge is -2.16. The number of carbonyl (C=O) groups excluding carboxylic acids is 2. The lowest BCUT2D eigenvalue weighted by molar-refractivity contribution is -0.122. The van der Waals surface area contributed by atoms with Crippen LogP contribution in [0.4, 0.5) is 0 Å². The van der Waals surface area contributed by atoms with Crippen molar-refractivity contribution in [3.8, 4) is 0 Å². The van der Waals surface area contributed by atoms with Gasteiger partial charge in [0.15, 0.2) is 0 Å². The molecule has 2 amide bonds. The van der Waals surface area contributed by atoms with Gasteiger partial charge in [0.25, 0.3) is 0 Å². The Balaban J connectivity index is 3.50. The Labute approximate surface area is 209 Å². The minimum Gasteiger partial charge on any atom is -0.339 e. The molecule has 0 aromatic rings. The van der Waals surface area contributed by atoms with E-state index in [0.29, 0.717) is 6.42 Å². The third-order valence-electron chi connectivity index (χ3n) is 5.84. The number of unbranched alkanes of at least 4 members (excludes halogenated alkanes) is 14. The fraction of sp³-hybridized carbons (Fsp3) is 0.923. The fourth-order valence-corrected chi connectivity index (χ4v) is 5.47. The average Bonchev–Trinajstić information content (AvgIpc) is 2.80. The molecule has 202 valence electrons. The van der Waals surface area contributed by atoms with Gasteiger partial charge in [0.05, 0.1) is 26.0 Å². The molecule has 0 heterocycles. The zero-order valence-electron chi connectivity index (χ0n) is 22.3. The van der Waals surface area contributed by atoms with Crippen molar-refractivity contribution in [2.45, 2.75) is 130 Å². The first kappa shape index (κ1) is 33.1. The molecular formula is C26H53N2O5P. The average molecular weight is 505 g/mol. The smallest absolute Gasteiger partial charge is 0.331 e. The zero-order valence-corrected chi connectivity index (χ0v) is 23.2. The van der Waals surface area contributed by atoms with Crippen molar-refractivity contribution in [2.75, 3.05) is 26.0 Å². The van der Waals surface area contributed by atoms with Crippen LogP contribution in [0.1, 0.15) is 130 Å². The number of nitrogens with one attached hydrogen (secondary N) is 2. The van der Waals surface area contributed by atoms with Crippen molar-refractivity contribution in [3.63, 3.8) is 0 Å². The van der Waals surface area contributed by atoms with E-state index in [0.717, 1.165) is 12.8 Å². The highest BCUT2D eigenvalue weighted by molar-refractivity contribution is 7.53. The fourth-order valence-electron chi connectivity index (χ4n) is 3.87. The second-order valence-electron chi connectivity index (χ2n) is 9.00. The predicted molar refractivity (Wildman–Crippen MR) is 141 cm³/mol. The molecule has 7 nitrogen and oxygen atoms in total. The molecule has 0 fully saturated rings. The first-order chi connectivity index (χ1) is 16.5. The second-order valence-corrected chi connectivity index (χ2v) is 11.2. The van der Waals surface area contributed by atoms with Crippen LogP contribution in [0, 0.1) is 0 Å². The summed E-state index contributed by atoms with van der Waals surface area (Å²) in [4.78, 5) is 23.8. The summed E-state index contributed by atoms with van der Waals surface area (Å²) >= 11 is 0. The standard InChI is InChI=1S/C26H53N2O5P/c1-4-7-8-9-10-11-12-13-14-15-16-17-18-19-20-21-25(29)27-24-28-26(30)22-23-34(31,32-5-2)33-6-3/h4-24H2,1-3H3,(H,27,29)(H,28,30). The molecule has 0 rings (SSSR count). The molecule has 0 bridgehead atoms. The van der Waals surface area contributed by atoms with Crippen LogP contribution in [0.3, 0.4) is 0 Å². The number of carbonyl (C=O) groups is 2. The van der Waals surface area contributed by atoms with Gasteiger partial charge in [-0.3, -0.25) is 14.2 Å². The Morgan fingerprint density at radius 3 is 1.38 bits per heavy atom. The van der Waals surface area contributed by atoms with Crippen LogP contribution in [-0.2, 0) is 23.2 Å². The molecule has 0 unspecified atom stereocenters. The van der Waals surface area contributed by atoms with Gasteiger partial charge in [-0.05, 0) is 20.3 Å². The van der Waals surface area contributed by atoms with Crippen molar-refractivity contribution >= 4 is 19.4 Å². The van der Waals surface area contributed by atoms with Crippen LogP contribution in [0.15, 0.2) is 0 Å². The van der Waals surface area contributed by atoms with Gasteiger partial charge >= 0.3 is 7.60 Å². The van der Waals surface area contributed by atoms with E-state index < -0.39 is 7.60 Å². The van der Waals surface area contributed by atoms with Crippen LogP contribution in [0.5, 0.6) is 0 Å². The first-order valence-electron chi connectivity index (χ1n) is 13.9. The Morgan fingerprint density at radius 2 is 0.971 bits per heavy atom. The molecule has 0 atom stereocenters. The van der Waals surface area contributed by atoms with Crippen LogP contribution in [0.25, 0.3) is 0 Å². The van der Waals surface area contributed by atoms with E-state index in [1.54, 1.807) is 13.8 Å². The molecule has 0 spiro atoms. The molecular weight excluding hydrogens is 451 g/mol. The van der Waals surface area contributed by atoms with E-state index in [4.69, 9.17) is 9.05 Å². The van der Waals surface area contributed by atoms with Gasteiger partial charge in [0, 0.05) is 12.8 Å². The number of hydrogen-bond donors (Lipinski definition) is 2. The van der Waals surface area contributed by atoms with Crippen LogP contribution in [0.2, 0.25) is 0 Å². The van der Waals surface area contributed by atoms with Crippen LogP contribution < -0.4 is 10.6 Å². The normalized spacial score (nSPS) is 11.5. The van der Waals surface area contributed by atoms with E-state index in [1.165, 1.54) is 83.5 Å². The molecule has 8 heteroatoms. The number of hydrogen-bond acceptors (Lipinski definition) is 5. The molecule has 0 aliphatic carbocycles. The van der Waals surface area contributed by atoms with E-state index in [9.17, 15) is 14.2 Å². The molecule has 2 N–H and O–H groups in total. The second kappa shape index (κ2) is 23.8. The SMILES string of the molecule is CCCCCCCCCCCCCCCCCC(=O)NCNC(=O)CCP(=O)(OCC)OCC. The maximum atomic E-state index is 12.3. The molecule has 0 radical (unpaired) electrons. The summed E-state index contributed by atoms with van der Waals surface area (Å²) in [6.07, 6.45) is 20.0. The third-order valence-corrected chi connectivity index (χ3v) is 7.92. The van der Waals surface area contributed by atoms with E-state index >= 15 is 0 Å². The van der Waals surface area contributed by atoms with Crippen molar-refractivity contribution in [1.82, 2.24) is 10.6 Å². The Bertz CT molecular complexity index is 535. The Kier molecular flexibility index (Phi) is 23.2. The maximum Gasteiger partial charge on any atom is 0.331 e. The van der Waals surface area contributed by atoms with Gasteiger partial charge in [-0.1, -0.05) is 96.8 Å². The summed E-state index contributed by atoms with van der Waals surface area (Å²) in [6.45, 7) is 6.37. The highest BCUT2D eigenvalue weighted by Crippen LogP contribution is 2.48. The first-order valence-corrected chi connectivity index (χ1v) is 15.6. The summed E-state index contributed by atoms with van der Waals surface area (Å²) < 4.78 is 22.7. The molecule has 0 aliphatic heterocycles. The van der Waals surface area contributed by atoms with Crippen molar-refractivity contribution in [1.29, 1.82) is 0 Å². The highest BCUT2D eigenvalue weighted by atomic mass is 31.2. The molecule has 0 saturated heterocycles. The summed E-state index contributed by atoms with van der Waals surface area (Å²) in [5.41, 5.74) is 0. The van der Waals surface area contributed by atoms with Gasteiger partial charge in [-0.2, -0.15) is 0 Å². The van der Waals surface area contributed by atoms with Gasteiger partial charge in [0.2, 0.25) is 11.8 Å². The zero-order chi connectivity index (χ0) is 25.3. The minimum atomic E-state index is -3.21. The van der Waals surface area contributed by atoms with Gasteiger partial charge in [-0.15, -0.1) is 0 Å².